The number of esters is 1. The summed E-state index contributed by atoms with van der Waals surface area (Å²) in [6.45, 7) is 1.88. The van der Waals surface area contributed by atoms with Gasteiger partial charge in [-0.25, -0.2) is 4.79 Å². The maximum absolute atomic E-state index is 11.4. The number of nitrogens with zero attached hydrogens (tertiary/aromatic N) is 3. The zero-order chi connectivity index (χ0) is 12.0. The third-order valence-corrected chi connectivity index (χ3v) is 2.22. The van der Waals surface area contributed by atoms with Crippen molar-refractivity contribution in [2.75, 3.05) is 6.61 Å². The van der Waals surface area contributed by atoms with Gasteiger partial charge >= 0.3 is 5.97 Å². The fraction of sp³-hybridized carbons (Fsp3) is 0.222. The summed E-state index contributed by atoms with van der Waals surface area (Å²) in [4.78, 5) is 13.9. The Labute approximate surface area is 99.6 Å². The van der Waals surface area contributed by atoms with Crippen LogP contribution in [0.15, 0.2) is 32.2 Å². The highest BCUT2D eigenvalue weighted by Crippen LogP contribution is 2.21. The molecule has 0 saturated heterocycles. The molecule has 0 fully saturated rings. The second-order valence-corrected chi connectivity index (χ2v) is 3.47. The molecule has 0 spiro atoms. The number of azide groups is 1. The lowest BCUT2D eigenvalue weighted by Gasteiger charge is -2.00. The number of hydrogen-bond acceptors (Lipinski definition) is 4. The van der Waals surface area contributed by atoms with Crippen LogP contribution in [0.3, 0.4) is 0 Å². The van der Waals surface area contributed by atoms with Gasteiger partial charge in [-0.05, 0) is 34.5 Å². The normalized spacial score (nSPS) is 10.8. The first-order valence-electron chi connectivity index (χ1n) is 4.34. The summed E-state index contributed by atoms with van der Waals surface area (Å²) in [6, 6.07) is 0. The maximum Gasteiger partial charge on any atom is 0.340 e. The highest BCUT2D eigenvalue weighted by atomic mass is 79.9. The first-order valence-corrected chi connectivity index (χ1v) is 5.14. The van der Waals surface area contributed by atoms with Gasteiger partial charge in [0.1, 0.15) is 12.0 Å². The maximum atomic E-state index is 11.4. The van der Waals surface area contributed by atoms with Crippen molar-refractivity contribution >= 4 is 28.0 Å². The van der Waals surface area contributed by atoms with Crippen molar-refractivity contribution < 1.29 is 13.9 Å². The minimum absolute atomic E-state index is 0.119. The van der Waals surface area contributed by atoms with E-state index >= 15 is 0 Å². The molecule has 0 aliphatic rings. The number of ether oxygens (including phenoxy) is 1. The van der Waals surface area contributed by atoms with Crippen LogP contribution >= 0.6 is 15.9 Å². The van der Waals surface area contributed by atoms with E-state index in [-0.39, 0.29) is 12.3 Å². The van der Waals surface area contributed by atoms with Gasteiger partial charge in [-0.1, -0.05) is 5.11 Å². The smallest absolute Gasteiger partial charge is 0.340 e. The molecule has 0 N–H and O–H groups in total. The molecular formula is C9H8BrN3O3. The topological polar surface area (TPSA) is 88.2 Å². The molecule has 0 saturated carbocycles. The Balaban J connectivity index is 3.02. The van der Waals surface area contributed by atoms with E-state index in [9.17, 15) is 4.79 Å². The predicted octanol–water partition coefficient (Wildman–Crippen LogP) is 3.26. The lowest BCUT2D eigenvalue weighted by Crippen LogP contribution is -2.05. The van der Waals surface area contributed by atoms with E-state index in [2.05, 4.69) is 26.0 Å². The van der Waals surface area contributed by atoms with Crippen LogP contribution < -0.4 is 0 Å². The van der Waals surface area contributed by atoms with Gasteiger partial charge in [0.25, 0.3) is 0 Å². The van der Waals surface area contributed by atoms with Gasteiger partial charge in [0.05, 0.1) is 17.3 Å². The molecule has 0 aliphatic carbocycles. The van der Waals surface area contributed by atoms with Gasteiger partial charge in [0.15, 0.2) is 0 Å². The molecule has 1 aromatic heterocycles. The van der Waals surface area contributed by atoms with Crippen molar-refractivity contribution in [2.24, 2.45) is 5.11 Å². The van der Waals surface area contributed by atoms with Crippen molar-refractivity contribution in [3.63, 3.8) is 0 Å². The molecule has 16 heavy (non-hydrogen) atoms. The molecule has 0 atom stereocenters. The van der Waals surface area contributed by atoms with Crippen molar-refractivity contribution in [1.82, 2.24) is 0 Å². The Kier molecular flexibility index (Phi) is 4.63. The quantitative estimate of drug-likeness (QED) is 0.280. The van der Waals surface area contributed by atoms with Gasteiger partial charge in [-0.15, -0.1) is 0 Å². The molecule has 0 bridgehead atoms. The molecule has 1 aromatic rings. The Morgan fingerprint density at radius 3 is 3.00 bits per heavy atom. The van der Waals surface area contributed by atoms with E-state index < -0.39 is 5.97 Å². The van der Waals surface area contributed by atoms with Gasteiger partial charge < -0.3 is 9.15 Å². The number of hydrogen-bond donors (Lipinski definition) is 0. The first kappa shape index (κ1) is 12.4. The Morgan fingerprint density at radius 2 is 2.50 bits per heavy atom. The van der Waals surface area contributed by atoms with Crippen LogP contribution in [-0.4, -0.2) is 12.6 Å². The zero-order valence-electron chi connectivity index (χ0n) is 8.38. The molecule has 84 valence electrons. The van der Waals surface area contributed by atoms with Crippen LogP contribution in [-0.2, 0) is 9.53 Å². The number of halogens is 1. The molecule has 0 aliphatic heterocycles. The molecule has 0 aromatic carbocycles. The second kappa shape index (κ2) is 5.99. The van der Waals surface area contributed by atoms with Crippen LogP contribution in [0.1, 0.15) is 12.5 Å². The van der Waals surface area contributed by atoms with Crippen LogP contribution in [0.5, 0.6) is 0 Å². The molecule has 7 heteroatoms. The highest BCUT2D eigenvalue weighted by Gasteiger charge is 2.10. The number of rotatable bonds is 4. The van der Waals surface area contributed by atoms with E-state index in [0.717, 1.165) is 0 Å². The lowest BCUT2D eigenvalue weighted by molar-refractivity contribution is -0.138. The van der Waals surface area contributed by atoms with Gasteiger partial charge in [-0.3, -0.25) is 0 Å². The fourth-order valence-corrected chi connectivity index (χ4v) is 1.24. The molecule has 1 heterocycles. The molecule has 1 rings (SSSR count). The second-order valence-electron chi connectivity index (χ2n) is 2.61. The van der Waals surface area contributed by atoms with Crippen molar-refractivity contribution in [3.05, 3.63) is 38.7 Å². The van der Waals surface area contributed by atoms with Crippen molar-refractivity contribution in [2.45, 2.75) is 6.92 Å². The number of carbonyl (C=O) groups excluding carboxylic acids is 1. The van der Waals surface area contributed by atoms with Gasteiger partial charge in [-0.2, -0.15) is 0 Å². The van der Waals surface area contributed by atoms with Crippen LogP contribution in [0.2, 0.25) is 0 Å². The summed E-state index contributed by atoms with van der Waals surface area (Å²) in [5, 5.41) is 3.26. The summed E-state index contributed by atoms with van der Waals surface area (Å²) in [7, 11) is 0. The first-order chi connectivity index (χ1) is 7.69. The third kappa shape index (κ3) is 3.15. The molecular weight excluding hydrogens is 278 g/mol. The SMILES string of the molecule is CCOC(=O)/C(=C/c1cocc1Br)N=[N+]=[N-]. The molecule has 6 nitrogen and oxygen atoms in total. The number of furan rings is 1. The van der Waals surface area contributed by atoms with E-state index in [1.54, 1.807) is 6.92 Å². The largest absolute Gasteiger partial charge is 0.471 e. The van der Waals surface area contributed by atoms with Crippen LogP contribution in [0, 0.1) is 0 Å². The average molecular weight is 286 g/mol. The van der Waals surface area contributed by atoms with Gasteiger partial charge in [0, 0.05) is 10.5 Å². The molecule has 0 radical (unpaired) electrons. The molecule has 0 unspecified atom stereocenters. The summed E-state index contributed by atoms with van der Waals surface area (Å²) in [6.07, 6.45) is 4.24. The predicted molar refractivity (Wildman–Crippen MR) is 60.2 cm³/mol. The van der Waals surface area contributed by atoms with Crippen molar-refractivity contribution in [1.29, 1.82) is 0 Å². The molecule has 0 amide bonds. The van der Waals surface area contributed by atoms with Gasteiger partial charge in [0.2, 0.25) is 0 Å². The summed E-state index contributed by atoms with van der Waals surface area (Å²) in [5.41, 5.74) is 8.80. The Bertz CT molecular complexity index is 460. The third-order valence-electron chi connectivity index (χ3n) is 1.57. The summed E-state index contributed by atoms with van der Waals surface area (Å²) in [5.74, 6) is -0.673. The fourth-order valence-electron chi connectivity index (χ4n) is 0.923. The van der Waals surface area contributed by atoms with E-state index in [0.29, 0.717) is 10.0 Å². The monoisotopic (exact) mass is 285 g/mol. The van der Waals surface area contributed by atoms with Crippen LogP contribution in [0.25, 0.3) is 16.5 Å². The zero-order valence-corrected chi connectivity index (χ0v) is 9.97. The van der Waals surface area contributed by atoms with Crippen LogP contribution in [0.4, 0.5) is 0 Å². The minimum atomic E-state index is -0.673. The van der Waals surface area contributed by atoms with E-state index in [4.69, 9.17) is 14.7 Å². The Hall–Kier alpha value is -1.72. The average Bonchev–Trinajstić information content (AvgIpc) is 2.64. The summed E-state index contributed by atoms with van der Waals surface area (Å²) >= 11 is 3.21. The van der Waals surface area contributed by atoms with E-state index in [1.807, 2.05) is 0 Å². The highest BCUT2D eigenvalue weighted by molar-refractivity contribution is 9.10. The standard InChI is InChI=1S/C9H8BrN3O3/c1-2-16-9(14)8(12-13-11)3-6-4-15-5-7(6)10/h3-5H,2H2,1H3/b8-3-. The van der Waals surface area contributed by atoms with E-state index in [1.165, 1.54) is 18.6 Å². The minimum Gasteiger partial charge on any atom is -0.471 e. The Morgan fingerprint density at radius 1 is 1.75 bits per heavy atom. The summed E-state index contributed by atoms with van der Waals surface area (Å²) < 4.78 is 10.3. The lowest BCUT2D eigenvalue weighted by atomic mass is 10.3. The number of carbonyl (C=O) groups is 1. The van der Waals surface area contributed by atoms with Crippen molar-refractivity contribution in [3.8, 4) is 0 Å².